The lowest BCUT2D eigenvalue weighted by Crippen LogP contribution is -2.25. The number of unbranched alkanes of at least 4 members (excludes halogenated alkanes) is 1. The van der Waals surface area contributed by atoms with Gasteiger partial charge in [-0.3, -0.25) is 4.79 Å². The number of benzene rings is 1. The van der Waals surface area contributed by atoms with E-state index in [1.54, 1.807) is 0 Å². The predicted molar refractivity (Wildman–Crippen MR) is 76.5 cm³/mol. The van der Waals surface area contributed by atoms with Crippen LogP contribution in [0.2, 0.25) is 0 Å². The molecule has 0 aliphatic rings. The van der Waals surface area contributed by atoms with Crippen molar-refractivity contribution in [3.8, 4) is 5.75 Å². The lowest BCUT2D eigenvalue weighted by Gasteiger charge is -2.11. The molecule has 0 unspecified atom stereocenters. The second-order valence-electron chi connectivity index (χ2n) is 4.19. The number of sulfonamides is 1. The summed E-state index contributed by atoms with van der Waals surface area (Å²) in [5.41, 5.74) is 0.188. The molecular weight excluding hydrogens is 280 g/mol. The van der Waals surface area contributed by atoms with Crippen molar-refractivity contribution in [2.75, 3.05) is 20.7 Å². The fourth-order valence-electron chi connectivity index (χ4n) is 1.63. The maximum absolute atomic E-state index is 12.1. The molecule has 0 radical (unpaired) electrons. The van der Waals surface area contributed by atoms with Crippen LogP contribution in [0.4, 0.5) is 0 Å². The summed E-state index contributed by atoms with van der Waals surface area (Å²) in [6.45, 7) is 2.35. The van der Waals surface area contributed by atoms with Crippen molar-refractivity contribution in [1.29, 1.82) is 0 Å². The average Bonchev–Trinajstić information content (AvgIpc) is 2.45. The van der Waals surface area contributed by atoms with Gasteiger partial charge in [0.2, 0.25) is 10.0 Å². The van der Waals surface area contributed by atoms with Crippen LogP contribution in [-0.4, -0.2) is 35.0 Å². The van der Waals surface area contributed by atoms with Gasteiger partial charge >= 0.3 is 0 Å². The fourth-order valence-corrected chi connectivity index (χ4v) is 2.73. The van der Waals surface area contributed by atoms with Crippen LogP contribution in [0.1, 0.15) is 30.1 Å². The van der Waals surface area contributed by atoms with Gasteiger partial charge in [0, 0.05) is 13.6 Å². The average molecular weight is 300 g/mol. The molecule has 6 nitrogen and oxygen atoms in total. The highest BCUT2D eigenvalue weighted by Crippen LogP contribution is 2.22. The fraction of sp³-hybridized carbons (Fsp3) is 0.462. The topological polar surface area (TPSA) is 84.5 Å². The van der Waals surface area contributed by atoms with Gasteiger partial charge in [0.25, 0.3) is 5.91 Å². The molecule has 0 aromatic heterocycles. The van der Waals surface area contributed by atoms with E-state index in [9.17, 15) is 13.2 Å². The summed E-state index contributed by atoms with van der Waals surface area (Å²) in [5.74, 6) is -0.0654. The van der Waals surface area contributed by atoms with Gasteiger partial charge in [-0.2, -0.15) is 0 Å². The van der Waals surface area contributed by atoms with Crippen molar-refractivity contribution in [3.63, 3.8) is 0 Å². The van der Waals surface area contributed by atoms with Crippen molar-refractivity contribution < 1.29 is 17.9 Å². The van der Waals surface area contributed by atoms with Crippen LogP contribution >= 0.6 is 0 Å². The maximum Gasteiger partial charge on any atom is 0.254 e. The van der Waals surface area contributed by atoms with E-state index in [1.807, 2.05) is 6.92 Å². The third kappa shape index (κ3) is 3.94. The van der Waals surface area contributed by atoms with Crippen molar-refractivity contribution in [2.45, 2.75) is 24.7 Å². The Morgan fingerprint density at radius 1 is 1.35 bits per heavy atom. The first-order valence-electron chi connectivity index (χ1n) is 6.36. The number of methoxy groups -OCH3 is 1. The zero-order valence-electron chi connectivity index (χ0n) is 11.9. The minimum Gasteiger partial charge on any atom is -0.496 e. The normalized spacial score (nSPS) is 11.2. The molecule has 7 heteroatoms. The molecule has 0 saturated heterocycles. The summed E-state index contributed by atoms with van der Waals surface area (Å²) in [7, 11) is -0.707. The molecule has 1 aromatic rings. The number of carbonyl (C=O) groups excluding carboxylic acids is 1. The second-order valence-corrected chi connectivity index (χ2v) is 5.96. The summed E-state index contributed by atoms with van der Waals surface area (Å²) in [6.07, 6.45) is 1.66. The molecular formula is C13H20N2O4S. The van der Waals surface area contributed by atoms with Crippen LogP contribution in [0.3, 0.4) is 0 Å². The summed E-state index contributed by atoms with van der Waals surface area (Å²) >= 11 is 0. The van der Waals surface area contributed by atoms with Gasteiger partial charge in [0.05, 0.1) is 17.6 Å². The van der Waals surface area contributed by atoms with Crippen LogP contribution in [0.5, 0.6) is 5.75 Å². The number of nitrogens with one attached hydrogen (secondary N) is 2. The Hall–Kier alpha value is -1.60. The Bertz CT molecular complexity index is 570. The summed E-state index contributed by atoms with van der Waals surface area (Å²) < 4.78 is 31.7. The van der Waals surface area contributed by atoms with E-state index in [0.29, 0.717) is 12.3 Å². The number of hydrogen-bond donors (Lipinski definition) is 2. The minimum absolute atomic E-state index is 0.0491. The van der Waals surface area contributed by atoms with E-state index in [4.69, 9.17) is 4.74 Å². The Labute approximate surface area is 119 Å². The Morgan fingerprint density at radius 2 is 2.05 bits per heavy atom. The third-order valence-corrected chi connectivity index (χ3v) is 4.23. The van der Waals surface area contributed by atoms with E-state index >= 15 is 0 Å². The first-order chi connectivity index (χ1) is 9.46. The van der Waals surface area contributed by atoms with Crippen molar-refractivity contribution in [2.24, 2.45) is 0 Å². The lowest BCUT2D eigenvalue weighted by atomic mass is 10.2. The standard InChI is InChI=1S/C13H20N2O4S/c1-4-5-8-15-20(17,18)10-6-7-12(19-3)11(9-10)13(16)14-2/h6-7,9,15H,4-5,8H2,1-3H3,(H,14,16). The molecule has 0 aliphatic heterocycles. The number of amides is 1. The second kappa shape index (κ2) is 7.25. The van der Waals surface area contributed by atoms with Crippen molar-refractivity contribution in [1.82, 2.24) is 10.0 Å². The van der Waals surface area contributed by atoms with Crippen LogP contribution in [-0.2, 0) is 10.0 Å². The summed E-state index contributed by atoms with van der Waals surface area (Å²) in [4.78, 5) is 11.8. The predicted octanol–water partition coefficient (Wildman–Crippen LogP) is 1.13. The zero-order chi connectivity index (χ0) is 15.2. The van der Waals surface area contributed by atoms with Crippen LogP contribution in [0, 0.1) is 0 Å². The van der Waals surface area contributed by atoms with Gasteiger partial charge < -0.3 is 10.1 Å². The number of carbonyl (C=O) groups is 1. The van der Waals surface area contributed by atoms with Crippen LogP contribution in [0.25, 0.3) is 0 Å². The van der Waals surface area contributed by atoms with Gasteiger partial charge in [-0.25, -0.2) is 13.1 Å². The smallest absolute Gasteiger partial charge is 0.254 e. The number of hydrogen-bond acceptors (Lipinski definition) is 4. The molecule has 0 fully saturated rings. The quantitative estimate of drug-likeness (QED) is 0.739. The molecule has 0 atom stereocenters. The van der Waals surface area contributed by atoms with Gasteiger partial charge in [0.15, 0.2) is 0 Å². The summed E-state index contributed by atoms with van der Waals surface area (Å²) in [5, 5.41) is 2.45. The Morgan fingerprint density at radius 3 is 2.60 bits per heavy atom. The Kier molecular flexibility index (Phi) is 5.97. The Balaban J connectivity index is 3.10. The molecule has 0 bridgehead atoms. The molecule has 1 rings (SSSR count). The van der Waals surface area contributed by atoms with Crippen molar-refractivity contribution in [3.05, 3.63) is 23.8 Å². The SMILES string of the molecule is CCCCNS(=O)(=O)c1ccc(OC)c(C(=O)NC)c1. The highest BCUT2D eigenvalue weighted by molar-refractivity contribution is 7.89. The third-order valence-electron chi connectivity index (χ3n) is 2.78. The molecule has 0 heterocycles. The number of rotatable bonds is 7. The minimum atomic E-state index is -3.61. The van der Waals surface area contributed by atoms with E-state index in [1.165, 1.54) is 32.4 Å². The van der Waals surface area contributed by atoms with Gasteiger partial charge in [-0.15, -0.1) is 0 Å². The molecule has 1 aromatic carbocycles. The van der Waals surface area contributed by atoms with E-state index in [2.05, 4.69) is 10.0 Å². The van der Waals surface area contributed by atoms with Crippen LogP contribution in [0.15, 0.2) is 23.1 Å². The zero-order valence-corrected chi connectivity index (χ0v) is 12.7. The monoisotopic (exact) mass is 300 g/mol. The molecule has 20 heavy (non-hydrogen) atoms. The molecule has 112 valence electrons. The maximum atomic E-state index is 12.1. The van der Waals surface area contributed by atoms with E-state index in [0.717, 1.165) is 12.8 Å². The van der Waals surface area contributed by atoms with E-state index < -0.39 is 15.9 Å². The van der Waals surface area contributed by atoms with Crippen molar-refractivity contribution >= 4 is 15.9 Å². The molecule has 1 amide bonds. The molecule has 0 spiro atoms. The summed E-state index contributed by atoms with van der Waals surface area (Å²) in [6, 6.07) is 4.20. The van der Waals surface area contributed by atoms with Gasteiger partial charge in [-0.05, 0) is 24.6 Å². The first-order valence-corrected chi connectivity index (χ1v) is 7.84. The largest absolute Gasteiger partial charge is 0.496 e. The first kappa shape index (κ1) is 16.5. The van der Waals surface area contributed by atoms with Crippen LogP contribution < -0.4 is 14.8 Å². The van der Waals surface area contributed by atoms with Gasteiger partial charge in [0.1, 0.15) is 5.75 Å². The highest BCUT2D eigenvalue weighted by Gasteiger charge is 2.18. The number of ether oxygens (including phenoxy) is 1. The van der Waals surface area contributed by atoms with E-state index in [-0.39, 0.29) is 10.5 Å². The molecule has 2 N–H and O–H groups in total. The lowest BCUT2D eigenvalue weighted by molar-refractivity contribution is 0.0960. The molecule has 0 saturated carbocycles. The molecule has 0 aliphatic carbocycles. The van der Waals surface area contributed by atoms with Gasteiger partial charge in [-0.1, -0.05) is 13.3 Å². The highest BCUT2D eigenvalue weighted by atomic mass is 32.2.